The lowest BCUT2D eigenvalue weighted by atomic mass is 10.1. The molecule has 4 rings (SSSR count). The van der Waals surface area contributed by atoms with E-state index >= 15 is 0 Å². The van der Waals surface area contributed by atoms with Crippen molar-refractivity contribution in [1.82, 2.24) is 9.55 Å². The van der Waals surface area contributed by atoms with Crippen LogP contribution >= 0.6 is 0 Å². The van der Waals surface area contributed by atoms with Gasteiger partial charge in [0.2, 0.25) is 0 Å². The number of rotatable bonds is 8. The van der Waals surface area contributed by atoms with E-state index in [9.17, 15) is 19.5 Å². The topological polar surface area (TPSA) is 111 Å². The average molecular weight is 455 g/mol. The van der Waals surface area contributed by atoms with Gasteiger partial charge in [0.1, 0.15) is 18.0 Å². The van der Waals surface area contributed by atoms with Crippen LogP contribution in [0.15, 0.2) is 102 Å². The van der Waals surface area contributed by atoms with Gasteiger partial charge < -0.3 is 15.2 Å². The lowest BCUT2D eigenvalue weighted by Gasteiger charge is -2.17. The maximum atomic E-state index is 13.1. The van der Waals surface area contributed by atoms with Crippen molar-refractivity contribution in [2.45, 2.75) is 12.6 Å². The summed E-state index contributed by atoms with van der Waals surface area (Å²) in [4.78, 5) is 41.7. The molecule has 0 fully saturated rings. The quantitative estimate of drug-likeness (QED) is 0.419. The van der Waals surface area contributed by atoms with E-state index in [0.717, 1.165) is 16.5 Å². The number of hydrogen-bond acceptors (Lipinski definition) is 5. The zero-order valence-corrected chi connectivity index (χ0v) is 18.0. The summed E-state index contributed by atoms with van der Waals surface area (Å²) in [5.74, 6) is -1.29. The fourth-order valence-corrected chi connectivity index (χ4v) is 3.42. The molecular weight excluding hydrogens is 434 g/mol. The van der Waals surface area contributed by atoms with Gasteiger partial charge in [0.25, 0.3) is 11.5 Å². The van der Waals surface area contributed by atoms with Gasteiger partial charge >= 0.3 is 5.97 Å². The molecule has 0 spiro atoms. The van der Waals surface area contributed by atoms with Gasteiger partial charge in [0, 0.05) is 5.56 Å². The van der Waals surface area contributed by atoms with Crippen LogP contribution in [0.3, 0.4) is 0 Å². The van der Waals surface area contributed by atoms with Crippen molar-refractivity contribution >= 4 is 17.6 Å². The molecule has 4 aromatic rings. The molecule has 0 saturated heterocycles. The Labute approximate surface area is 195 Å². The lowest BCUT2D eigenvalue weighted by Crippen LogP contribution is -2.33. The molecule has 3 aromatic carbocycles. The van der Waals surface area contributed by atoms with Crippen LogP contribution in [0.2, 0.25) is 0 Å². The summed E-state index contributed by atoms with van der Waals surface area (Å²) in [7, 11) is 0. The van der Waals surface area contributed by atoms with Gasteiger partial charge in [0.05, 0.1) is 12.5 Å². The summed E-state index contributed by atoms with van der Waals surface area (Å²) < 4.78 is 6.77. The number of benzene rings is 3. The summed E-state index contributed by atoms with van der Waals surface area (Å²) in [6.45, 7) is 0.310. The summed E-state index contributed by atoms with van der Waals surface area (Å²) in [6, 6.07) is 23.1. The molecular formula is C26H21N3O5. The normalized spacial score (nSPS) is 11.4. The molecule has 0 aliphatic carbocycles. The number of carboxylic acids is 1. The van der Waals surface area contributed by atoms with Gasteiger partial charge in [-0.1, -0.05) is 60.7 Å². The van der Waals surface area contributed by atoms with Crippen LogP contribution < -0.4 is 15.6 Å². The first-order chi connectivity index (χ1) is 16.5. The van der Waals surface area contributed by atoms with E-state index in [2.05, 4.69) is 10.3 Å². The number of anilines is 1. The van der Waals surface area contributed by atoms with Gasteiger partial charge in [-0.25, -0.2) is 9.78 Å². The van der Waals surface area contributed by atoms with Gasteiger partial charge in [-0.15, -0.1) is 0 Å². The Kier molecular flexibility index (Phi) is 6.78. The molecule has 8 heteroatoms. The number of nitrogens with one attached hydrogen (secondary N) is 1. The van der Waals surface area contributed by atoms with Crippen LogP contribution in [0, 0.1) is 0 Å². The molecule has 1 heterocycles. The summed E-state index contributed by atoms with van der Waals surface area (Å²) in [5, 5.41) is 12.4. The van der Waals surface area contributed by atoms with Crippen LogP contribution in [-0.2, 0) is 11.4 Å². The second kappa shape index (κ2) is 10.3. The van der Waals surface area contributed by atoms with E-state index in [4.69, 9.17) is 4.74 Å². The molecule has 0 aliphatic heterocycles. The third-order valence-corrected chi connectivity index (χ3v) is 5.08. The van der Waals surface area contributed by atoms with Gasteiger partial charge in [-0.2, -0.15) is 0 Å². The Hall–Kier alpha value is -4.72. The van der Waals surface area contributed by atoms with Gasteiger partial charge in [-0.3, -0.25) is 14.2 Å². The number of nitrogens with zero attached hydrogens (tertiary/aromatic N) is 2. The third-order valence-electron chi connectivity index (χ3n) is 5.08. The predicted molar refractivity (Wildman–Crippen MR) is 126 cm³/mol. The molecule has 34 heavy (non-hydrogen) atoms. The molecule has 0 bridgehead atoms. The van der Waals surface area contributed by atoms with Crippen molar-refractivity contribution in [3.63, 3.8) is 0 Å². The van der Waals surface area contributed by atoms with Crippen molar-refractivity contribution in [2.75, 3.05) is 5.32 Å². The highest BCUT2D eigenvalue weighted by atomic mass is 16.5. The Morgan fingerprint density at radius 3 is 2.38 bits per heavy atom. The maximum Gasteiger partial charge on any atom is 0.331 e. The third kappa shape index (κ3) is 5.18. The highest BCUT2D eigenvalue weighted by Crippen LogP contribution is 2.23. The first kappa shape index (κ1) is 22.5. The average Bonchev–Trinajstić information content (AvgIpc) is 2.86. The molecule has 170 valence electrons. The minimum Gasteiger partial charge on any atom is -0.489 e. The minimum absolute atomic E-state index is 0.126. The zero-order chi connectivity index (χ0) is 23.9. The van der Waals surface area contributed by atoms with Gasteiger partial charge in [0.15, 0.2) is 6.04 Å². The zero-order valence-electron chi connectivity index (χ0n) is 18.0. The van der Waals surface area contributed by atoms with E-state index in [1.807, 2.05) is 30.3 Å². The molecule has 8 nitrogen and oxygen atoms in total. The molecule has 1 atom stereocenters. The fraction of sp³-hybridized carbons (Fsp3) is 0.0769. The Morgan fingerprint density at radius 2 is 1.68 bits per heavy atom. The van der Waals surface area contributed by atoms with E-state index in [0.29, 0.717) is 23.5 Å². The summed E-state index contributed by atoms with van der Waals surface area (Å²) in [6.07, 6.45) is 2.33. The van der Waals surface area contributed by atoms with Crippen molar-refractivity contribution < 1.29 is 19.4 Å². The molecule has 0 radical (unpaired) electrons. The van der Waals surface area contributed by atoms with E-state index in [1.165, 1.54) is 6.20 Å². The van der Waals surface area contributed by atoms with Crippen molar-refractivity contribution in [3.05, 3.63) is 124 Å². The Morgan fingerprint density at radius 1 is 0.971 bits per heavy atom. The number of carbonyl (C=O) groups excluding carboxylic acids is 1. The second-order valence-electron chi connectivity index (χ2n) is 7.43. The fourth-order valence-electron chi connectivity index (χ4n) is 3.42. The monoisotopic (exact) mass is 455 g/mol. The smallest absolute Gasteiger partial charge is 0.331 e. The van der Waals surface area contributed by atoms with Crippen LogP contribution in [0.5, 0.6) is 5.75 Å². The number of aliphatic carboxylic acids is 1. The number of hydrogen-bond donors (Lipinski definition) is 2. The largest absolute Gasteiger partial charge is 0.489 e. The van der Waals surface area contributed by atoms with Crippen molar-refractivity contribution in [3.8, 4) is 5.75 Å². The lowest BCUT2D eigenvalue weighted by molar-refractivity contribution is -0.139. The van der Waals surface area contributed by atoms with Crippen LogP contribution in [0.1, 0.15) is 27.5 Å². The van der Waals surface area contributed by atoms with Gasteiger partial charge in [-0.05, 0) is 35.4 Å². The molecule has 1 unspecified atom stereocenters. The molecule has 2 N–H and O–H groups in total. The molecule has 1 aromatic heterocycles. The number of aromatic nitrogens is 2. The maximum absolute atomic E-state index is 13.1. The summed E-state index contributed by atoms with van der Waals surface area (Å²) >= 11 is 0. The SMILES string of the molecule is O=C(Nc1cncn(C(C(=O)O)c2cccc(OCc3ccccc3)c2)c1=O)c1ccccc1. The van der Waals surface area contributed by atoms with Crippen molar-refractivity contribution in [1.29, 1.82) is 0 Å². The number of amides is 1. The number of ether oxygens (including phenoxy) is 1. The van der Waals surface area contributed by atoms with E-state index in [-0.39, 0.29) is 5.69 Å². The standard InChI is InChI=1S/C26H21N3O5/c30-24(19-10-5-2-6-11-19)28-22-15-27-17-29(25(22)31)23(26(32)33)20-12-7-13-21(14-20)34-16-18-8-3-1-4-9-18/h1-15,17,23H,16H2,(H,28,30)(H,32,33). The second-order valence-corrected chi connectivity index (χ2v) is 7.43. The minimum atomic E-state index is -1.37. The number of carbonyl (C=O) groups is 2. The Bertz CT molecular complexity index is 1350. The molecule has 0 aliphatic rings. The first-order valence-electron chi connectivity index (χ1n) is 10.4. The van der Waals surface area contributed by atoms with Crippen LogP contribution in [0.4, 0.5) is 5.69 Å². The Balaban J connectivity index is 1.60. The highest BCUT2D eigenvalue weighted by Gasteiger charge is 2.25. The van der Waals surface area contributed by atoms with Crippen molar-refractivity contribution in [2.24, 2.45) is 0 Å². The predicted octanol–water partition coefficient (Wildman–Crippen LogP) is 3.75. The molecule has 1 amide bonds. The number of carboxylic acid groups (broad SMARTS) is 1. The first-order valence-corrected chi connectivity index (χ1v) is 10.4. The summed E-state index contributed by atoms with van der Waals surface area (Å²) in [5.41, 5.74) is 0.829. The van der Waals surface area contributed by atoms with Crippen LogP contribution in [0.25, 0.3) is 0 Å². The highest BCUT2D eigenvalue weighted by molar-refractivity contribution is 6.04. The van der Waals surface area contributed by atoms with E-state index in [1.54, 1.807) is 54.6 Å². The van der Waals surface area contributed by atoms with E-state index < -0.39 is 23.5 Å². The molecule has 0 saturated carbocycles. The van der Waals surface area contributed by atoms with Crippen LogP contribution in [-0.4, -0.2) is 26.5 Å².